The van der Waals surface area contributed by atoms with Gasteiger partial charge in [0, 0.05) is 33.4 Å². The lowest BCUT2D eigenvalue weighted by Gasteiger charge is -2.41. The molecule has 14 heteroatoms. The Balaban J connectivity index is 1.80. The summed E-state index contributed by atoms with van der Waals surface area (Å²) in [6.45, 7) is 17.3. The first-order chi connectivity index (χ1) is 29.7. The van der Waals surface area contributed by atoms with Crippen LogP contribution in [0, 0.1) is 23.7 Å². The maximum Gasteiger partial charge on any atom is 0.338 e. The van der Waals surface area contributed by atoms with Crippen LogP contribution in [0.25, 0.3) is 0 Å². The highest BCUT2D eigenvalue weighted by atomic mass is 16.5. The number of Topliss-reactive ketones (excluding diaryl/α,β-unsaturated/α-hetero) is 1. The van der Waals surface area contributed by atoms with E-state index in [4.69, 9.17) is 14.2 Å². The van der Waals surface area contributed by atoms with Gasteiger partial charge in [-0.2, -0.15) is 0 Å². The van der Waals surface area contributed by atoms with Gasteiger partial charge >= 0.3 is 5.97 Å². The second-order valence-electron chi connectivity index (χ2n) is 18.1. The van der Waals surface area contributed by atoms with Crippen LogP contribution >= 0.6 is 0 Å². The van der Waals surface area contributed by atoms with Crippen LogP contribution in [0.3, 0.4) is 0 Å². The van der Waals surface area contributed by atoms with Gasteiger partial charge in [0.15, 0.2) is 5.78 Å². The van der Waals surface area contributed by atoms with Crippen molar-refractivity contribution in [1.82, 2.24) is 25.3 Å². The van der Waals surface area contributed by atoms with Gasteiger partial charge in [0.25, 0.3) is 0 Å². The molecule has 63 heavy (non-hydrogen) atoms. The molecule has 1 aliphatic rings. The molecule has 0 aliphatic carbocycles. The van der Waals surface area contributed by atoms with Gasteiger partial charge in [0.05, 0.1) is 54.3 Å². The third kappa shape index (κ3) is 13.7. The van der Waals surface area contributed by atoms with Crippen molar-refractivity contribution in [2.24, 2.45) is 23.7 Å². The van der Waals surface area contributed by atoms with Crippen molar-refractivity contribution in [2.75, 3.05) is 41.9 Å². The normalized spacial score (nSPS) is 18.4. The topological polar surface area (TPSA) is 164 Å². The molecule has 1 fully saturated rings. The number of carbonyl (C=O) groups is 6. The number of carbonyl (C=O) groups excluding carboxylic acids is 6. The summed E-state index contributed by atoms with van der Waals surface area (Å²) < 4.78 is 18.1. The van der Waals surface area contributed by atoms with Crippen molar-refractivity contribution < 1.29 is 43.0 Å². The van der Waals surface area contributed by atoms with E-state index in [0.717, 1.165) is 0 Å². The number of rotatable bonds is 23. The molecule has 1 aliphatic heterocycles. The predicted molar refractivity (Wildman–Crippen MR) is 244 cm³/mol. The number of likely N-dealkylation sites (tertiary alicyclic amines) is 1. The van der Waals surface area contributed by atoms with E-state index in [2.05, 4.69) is 10.6 Å². The van der Waals surface area contributed by atoms with Gasteiger partial charge in [0.1, 0.15) is 12.1 Å². The average molecular weight is 878 g/mol. The van der Waals surface area contributed by atoms with Gasteiger partial charge in [-0.05, 0) is 76.2 Å². The highest BCUT2D eigenvalue weighted by molar-refractivity contribution is 5.96. The van der Waals surface area contributed by atoms with E-state index in [1.807, 2.05) is 90.9 Å². The summed E-state index contributed by atoms with van der Waals surface area (Å²) in [6, 6.07) is 12.6. The Kier molecular flexibility index (Phi) is 20.4. The fourth-order valence-corrected chi connectivity index (χ4v) is 8.97. The smallest absolute Gasteiger partial charge is 0.338 e. The minimum Gasteiger partial charge on any atom is -0.452 e. The lowest BCUT2D eigenvalue weighted by molar-refractivity contribution is -0.148. The van der Waals surface area contributed by atoms with Gasteiger partial charge in [-0.1, -0.05) is 97.4 Å². The van der Waals surface area contributed by atoms with Crippen LogP contribution in [0.1, 0.15) is 120 Å². The van der Waals surface area contributed by atoms with Gasteiger partial charge in [-0.25, -0.2) is 4.79 Å². The van der Waals surface area contributed by atoms with Crippen molar-refractivity contribution >= 4 is 35.4 Å². The van der Waals surface area contributed by atoms with Gasteiger partial charge in [-0.15, -0.1) is 0 Å². The lowest BCUT2D eigenvalue weighted by Crippen LogP contribution is -2.59. The molecule has 1 heterocycles. The number of ether oxygens (including phenoxy) is 3. The summed E-state index contributed by atoms with van der Waals surface area (Å²) in [5, 5.41) is 6.09. The zero-order valence-electron chi connectivity index (χ0n) is 40.2. The quantitative estimate of drug-likeness (QED) is 0.101. The average Bonchev–Trinajstić information content (AvgIpc) is 3.73. The highest BCUT2D eigenvalue weighted by Crippen LogP contribution is 2.31. The van der Waals surface area contributed by atoms with Gasteiger partial charge in [-0.3, -0.25) is 28.9 Å². The van der Waals surface area contributed by atoms with Crippen LogP contribution in [-0.4, -0.2) is 134 Å². The van der Waals surface area contributed by atoms with Crippen molar-refractivity contribution in [3.63, 3.8) is 0 Å². The number of nitrogens with one attached hydrogen (secondary N) is 2. The second kappa shape index (κ2) is 24.4. The molecule has 14 nitrogen and oxygen atoms in total. The Hall–Kier alpha value is -4.66. The molecule has 0 aromatic heterocycles. The Morgan fingerprint density at radius 3 is 1.90 bits per heavy atom. The number of amides is 4. The van der Waals surface area contributed by atoms with Crippen LogP contribution in [0.5, 0.6) is 0 Å². The molecule has 0 radical (unpaired) electrons. The van der Waals surface area contributed by atoms with E-state index in [1.165, 1.54) is 14.0 Å². The summed E-state index contributed by atoms with van der Waals surface area (Å²) in [5.41, 5.74) is 1.43. The van der Waals surface area contributed by atoms with Crippen molar-refractivity contribution in [1.29, 1.82) is 0 Å². The summed E-state index contributed by atoms with van der Waals surface area (Å²) in [4.78, 5) is 86.7. The van der Waals surface area contributed by atoms with Crippen LogP contribution in [0.2, 0.25) is 0 Å². The lowest BCUT2D eigenvalue weighted by atomic mass is 9.89. The van der Waals surface area contributed by atoms with Crippen molar-refractivity contribution in [3.05, 3.63) is 71.3 Å². The number of hydrogen-bond donors (Lipinski definition) is 2. The fraction of sp³-hybridized carbons (Fsp3) is 0.633. The van der Waals surface area contributed by atoms with E-state index < -0.39 is 60.4 Å². The molecule has 0 spiro atoms. The highest BCUT2D eigenvalue weighted by Gasteiger charge is 2.43. The summed E-state index contributed by atoms with van der Waals surface area (Å²) in [5.74, 6) is -2.62. The molecule has 10 atom stereocenters. The molecule has 2 unspecified atom stereocenters. The molecule has 0 bridgehead atoms. The number of nitrogens with zero attached hydrogens (tertiary/aromatic N) is 3. The van der Waals surface area contributed by atoms with Gasteiger partial charge in [0.2, 0.25) is 23.6 Å². The van der Waals surface area contributed by atoms with E-state index in [-0.39, 0.29) is 59.1 Å². The first kappa shape index (κ1) is 52.7. The van der Waals surface area contributed by atoms with Crippen LogP contribution in [0.4, 0.5) is 0 Å². The Labute approximate surface area is 376 Å². The Morgan fingerprint density at radius 2 is 1.40 bits per heavy atom. The van der Waals surface area contributed by atoms with Gasteiger partial charge < -0.3 is 34.6 Å². The van der Waals surface area contributed by atoms with Crippen LogP contribution in [-0.2, 0) is 33.4 Å². The first-order valence-corrected chi connectivity index (χ1v) is 22.5. The van der Waals surface area contributed by atoms with Crippen molar-refractivity contribution in [3.8, 4) is 0 Å². The van der Waals surface area contributed by atoms with Crippen LogP contribution < -0.4 is 10.6 Å². The van der Waals surface area contributed by atoms with Crippen LogP contribution in [0.15, 0.2) is 54.6 Å². The second-order valence-corrected chi connectivity index (χ2v) is 18.1. The number of methoxy groups -OCH3 is 2. The molecule has 350 valence electrons. The fourth-order valence-electron chi connectivity index (χ4n) is 8.97. The molecule has 4 amide bonds. The molecule has 1 saturated heterocycles. The number of esters is 1. The standard InChI is InChI=1S/C49H75N5O9/c1-15-31(6)43(53(12)48(59)41(29(2)3)51-47(58)42(30(4)5)52(10)11)39(61-13)28-40(56)54-27-19-22-38(54)44(62-14)32(7)46(57)50-33(8)45(36-20-17-16-18-21-36)63-49(60)37-25-23-35(24-26-37)34(9)55/h16-18,20-21,23-26,29-33,38-39,41-45H,15,19,22,27-28H2,1-14H3,(H,50,57)(H,51,58)/t31?,32?,33-,38+,39-,41+,42+,43+,44-,45-/m1/s1. The molecule has 0 saturated carbocycles. The summed E-state index contributed by atoms with van der Waals surface area (Å²) in [6.07, 6.45) is -0.131. The Morgan fingerprint density at radius 1 is 0.794 bits per heavy atom. The third-order valence-electron chi connectivity index (χ3n) is 12.7. The maximum absolute atomic E-state index is 14.4. The molecule has 3 rings (SSSR count). The SMILES string of the molecule is CCC(C)[C@@H]([C@@H](CC(=O)N1CCC[C@H]1[C@H](OC)C(C)C(=O)N[C@H](C)[C@@H](OC(=O)c1ccc(C(C)=O)cc1)c1ccccc1)OC)N(C)C(=O)[C@@H](NC(=O)[C@H](C(C)C)N(C)C)C(C)C. The predicted octanol–water partition coefficient (Wildman–Crippen LogP) is 5.94. The zero-order valence-corrected chi connectivity index (χ0v) is 40.2. The molecule has 2 aromatic carbocycles. The molecule has 2 aromatic rings. The van der Waals surface area contributed by atoms with E-state index >= 15 is 0 Å². The summed E-state index contributed by atoms with van der Waals surface area (Å²) in [7, 11) is 8.51. The monoisotopic (exact) mass is 878 g/mol. The minimum atomic E-state index is -0.843. The largest absolute Gasteiger partial charge is 0.452 e. The molecule has 2 N–H and O–H groups in total. The summed E-state index contributed by atoms with van der Waals surface area (Å²) >= 11 is 0. The number of ketones is 1. The van der Waals surface area contributed by atoms with E-state index in [1.54, 1.807) is 62.1 Å². The van der Waals surface area contributed by atoms with E-state index in [9.17, 15) is 28.8 Å². The number of likely N-dealkylation sites (N-methyl/N-ethyl adjacent to an activating group) is 2. The number of hydrogen-bond acceptors (Lipinski definition) is 10. The first-order valence-electron chi connectivity index (χ1n) is 22.5. The number of benzene rings is 2. The molecular formula is C49H75N5O9. The Bertz CT molecular complexity index is 1810. The molecular weight excluding hydrogens is 803 g/mol. The maximum atomic E-state index is 14.4. The minimum absolute atomic E-state index is 0.00989. The third-order valence-corrected chi connectivity index (χ3v) is 12.7. The van der Waals surface area contributed by atoms with E-state index in [0.29, 0.717) is 36.9 Å². The zero-order chi connectivity index (χ0) is 47.3. The van der Waals surface area contributed by atoms with Crippen molar-refractivity contribution in [2.45, 2.75) is 137 Å².